The summed E-state index contributed by atoms with van der Waals surface area (Å²) in [5.74, 6) is 0. The van der Waals surface area contributed by atoms with Crippen LogP contribution in [0.15, 0.2) is 30.3 Å². The summed E-state index contributed by atoms with van der Waals surface area (Å²) in [4.78, 5) is 0. The monoisotopic (exact) mass is 324 g/mol. The summed E-state index contributed by atoms with van der Waals surface area (Å²) in [6.45, 7) is 0. The zero-order chi connectivity index (χ0) is 12.6. The highest BCUT2D eigenvalue weighted by atomic mass is 35.5. The Labute approximate surface area is 124 Å². The lowest BCUT2D eigenvalue weighted by molar-refractivity contribution is 1.61. The number of hydrogen-bond acceptors (Lipinski definition) is 0. The first kappa shape index (κ1) is 13.3. The normalized spacial score (nSPS) is 10.6. The second kappa shape index (κ2) is 5.26. The Morgan fingerprint density at radius 2 is 1.12 bits per heavy atom. The lowest BCUT2D eigenvalue weighted by Gasteiger charge is -2.08. The Hall–Kier alpha value is -0.110. The molecule has 17 heavy (non-hydrogen) atoms. The van der Waals surface area contributed by atoms with Crippen LogP contribution < -0.4 is 0 Å². The highest BCUT2D eigenvalue weighted by molar-refractivity contribution is 6.45. The number of rotatable bonds is 1. The predicted molar refractivity (Wildman–Crippen MR) is 76.9 cm³/mol. The number of hydrogen-bond donors (Lipinski definition) is 0. The van der Waals surface area contributed by atoms with Crippen LogP contribution in [-0.2, 0) is 0 Å². The first-order chi connectivity index (χ1) is 7.97. The first-order valence-electron chi connectivity index (χ1n) is 4.58. The van der Waals surface area contributed by atoms with Crippen molar-refractivity contribution in [2.45, 2.75) is 0 Å². The molecule has 0 atom stereocenters. The maximum atomic E-state index is 6.13. The molecule has 2 aromatic rings. The van der Waals surface area contributed by atoms with Gasteiger partial charge in [0.15, 0.2) is 0 Å². The fraction of sp³-hybridized carbons (Fsp3) is 0. The molecule has 0 N–H and O–H groups in total. The van der Waals surface area contributed by atoms with Crippen LogP contribution in [0.4, 0.5) is 0 Å². The van der Waals surface area contributed by atoms with Crippen molar-refractivity contribution in [2.24, 2.45) is 0 Å². The van der Waals surface area contributed by atoms with Crippen molar-refractivity contribution < 1.29 is 0 Å². The average Bonchev–Trinajstić information content (AvgIpc) is 2.22. The van der Waals surface area contributed by atoms with E-state index in [-0.39, 0.29) is 0 Å². The molecule has 0 aliphatic rings. The van der Waals surface area contributed by atoms with Gasteiger partial charge in [0.1, 0.15) is 0 Å². The van der Waals surface area contributed by atoms with Gasteiger partial charge in [0.05, 0.1) is 10.0 Å². The summed E-state index contributed by atoms with van der Waals surface area (Å²) in [6.07, 6.45) is 0. The van der Waals surface area contributed by atoms with Gasteiger partial charge in [0.2, 0.25) is 0 Å². The van der Waals surface area contributed by atoms with Crippen molar-refractivity contribution in [3.05, 3.63) is 55.4 Å². The van der Waals surface area contributed by atoms with Gasteiger partial charge in [0, 0.05) is 20.6 Å². The van der Waals surface area contributed by atoms with E-state index in [4.69, 9.17) is 58.0 Å². The molecule has 0 nitrogen and oxygen atoms in total. The lowest BCUT2D eigenvalue weighted by Crippen LogP contribution is -1.82. The minimum atomic E-state index is 0.394. The number of benzene rings is 2. The van der Waals surface area contributed by atoms with Gasteiger partial charge in [-0.3, -0.25) is 0 Å². The van der Waals surface area contributed by atoms with E-state index >= 15 is 0 Å². The van der Waals surface area contributed by atoms with E-state index in [1.54, 1.807) is 30.3 Å². The highest BCUT2D eigenvalue weighted by Crippen LogP contribution is 2.38. The molecule has 2 aromatic carbocycles. The van der Waals surface area contributed by atoms with E-state index in [1.165, 1.54) is 0 Å². The topological polar surface area (TPSA) is 0 Å². The average molecular weight is 326 g/mol. The minimum absolute atomic E-state index is 0.394. The van der Waals surface area contributed by atoms with Gasteiger partial charge in [-0.15, -0.1) is 0 Å². The SMILES string of the molecule is Clc1cc(Cl)cc(-c2cc(Cl)cc(Cl)c2Cl)c1. The predicted octanol–water partition coefficient (Wildman–Crippen LogP) is 6.62. The lowest BCUT2D eigenvalue weighted by atomic mass is 10.1. The maximum absolute atomic E-state index is 6.13. The molecule has 0 fully saturated rings. The molecular weight excluding hydrogens is 321 g/mol. The molecule has 0 heterocycles. The molecule has 0 spiro atoms. The second-order valence-corrected chi connectivity index (χ2v) is 5.50. The van der Waals surface area contributed by atoms with E-state index in [1.807, 2.05) is 0 Å². The van der Waals surface area contributed by atoms with E-state index in [2.05, 4.69) is 0 Å². The van der Waals surface area contributed by atoms with Crippen molar-refractivity contribution >= 4 is 58.0 Å². The summed E-state index contributed by atoms with van der Waals surface area (Å²) >= 11 is 29.9. The summed E-state index contributed by atoms with van der Waals surface area (Å²) in [5, 5.41) is 2.38. The van der Waals surface area contributed by atoms with Crippen molar-refractivity contribution in [2.75, 3.05) is 0 Å². The van der Waals surface area contributed by atoms with Crippen LogP contribution in [-0.4, -0.2) is 0 Å². The molecular formula is C12H5Cl5. The third kappa shape index (κ3) is 3.01. The summed E-state index contributed by atoms with van der Waals surface area (Å²) in [7, 11) is 0. The molecule has 0 saturated heterocycles. The first-order valence-corrected chi connectivity index (χ1v) is 6.47. The van der Waals surface area contributed by atoms with Gasteiger partial charge in [0.25, 0.3) is 0 Å². The smallest absolute Gasteiger partial charge is 0.0671 e. The Kier molecular flexibility index (Phi) is 4.12. The Balaban J connectivity index is 2.67. The molecule has 0 aliphatic heterocycles. The fourth-order valence-corrected chi connectivity index (χ4v) is 2.71. The van der Waals surface area contributed by atoms with E-state index in [0.717, 1.165) is 5.56 Å². The Bertz CT molecular complexity index is 557. The third-order valence-corrected chi connectivity index (χ3v) is 3.62. The molecule has 0 aliphatic carbocycles. The van der Waals surface area contributed by atoms with Crippen LogP contribution in [0.25, 0.3) is 11.1 Å². The summed E-state index contributed by atoms with van der Waals surface area (Å²) < 4.78 is 0. The van der Waals surface area contributed by atoms with E-state index in [9.17, 15) is 0 Å². The van der Waals surface area contributed by atoms with Crippen LogP contribution >= 0.6 is 58.0 Å². The molecule has 2 rings (SSSR count). The van der Waals surface area contributed by atoms with Crippen molar-refractivity contribution in [1.82, 2.24) is 0 Å². The maximum Gasteiger partial charge on any atom is 0.0671 e. The van der Waals surface area contributed by atoms with Crippen LogP contribution in [0.2, 0.25) is 25.1 Å². The number of halogens is 5. The van der Waals surface area contributed by atoms with Gasteiger partial charge < -0.3 is 0 Å². The Morgan fingerprint density at radius 3 is 1.71 bits per heavy atom. The summed E-state index contributed by atoms with van der Waals surface area (Å²) in [6, 6.07) is 8.45. The standard InChI is InChI=1S/C12H5Cl5/c13-7-1-6(2-8(14)3-7)10-4-9(15)5-11(16)12(10)17/h1-5H. The van der Waals surface area contributed by atoms with Crippen LogP contribution in [0, 0.1) is 0 Å². The van der Waals surface area contributed by atoms with Crippen LogP contribution in [0.3, 0.4) is 0 Å². The van der Waals surface area contributed by atoms with Gasteiger partial charge in [-0.25, -0.2) is 0 Å². The van der Waals surface area contributed by atoms with Gasteiger partial charge in [-0.2, -0.15) is 0 Å². The van der Waals surface area contributed by atoms with Crippen LogP contribution in [0.5, 0.6) is 0 Å². The van der Waals surface area contributed by atoms with E-state index < -0.39 is 0 Å². The molecule has 0 unspecified atom stereocenters. The quantitative estimate of drug-likeness (QED) is 0.517. The van der Waals surface area contributed by atoms with E-state index in [0.29, 0.717) is 30.7 Å². The molecule has 0 amide bonds. The second-order valence-electron chi connectivity index (χ2n) is 3.41. The molecule has 0 saturated carbocycles. The van der Waals surface area contributed by atoms with Crippen molar-refractivity contribution in [3.63, 3.8) is 0 Å². The van der Waals surface area contributed by atoms with Gasteiger partial charge in [-0.1, -0.05) is 58.0 Å². The minimum Gasteiger partial charge on any atom is -0.0843 e. The molecule has 0 aromatic heterocycles. The zero-order valence-corrected chi connectivity index (χ0v) is 12.1. The van der Waals surface area contributed by atoms with Gasteiger partial charge >= 0.3 is 0 Å². The molecule has 5 heteroatoms. The largest absolute Gasteiger partial charge is 0.0843 e. The van der Waals surface area contributed by atoms with Crippen molar-refractivity contribution in [3.8, 4) is 11.1 Å². The molecule has 0 radical (unpaired) electrons. The fourth-order valence-electron chi connectivity index (χ4n) is 1.48. The third-order valence-electron chi connectivity index (χ3n) is 2.17. The van der Waals surface area contributed by atoms with Gasteiger partial charge in [-0.05, 0) is 35.9 Å². The Morgan fingerprint density at radius 1 is 0.588 bits per heavy atom. The van der Waals surface area contributed by atoms with Crippen LogP contribution in [0.1, 0.15) is 0 Å². The highest BCUT2D eigenvalue weighted by Gasteiger charge is 2.10. The zero-order valence-electron chi connectivity index (χ0n) is 8.28. The van der Waals surface area contributed by atoms with Crippen molar-refractivity contribution in [1.29, 1.82) is 0 Å². The summed E-state index contributed by atoms with van der Waals surface area (Å²) in [5.41, 5.74) is 1.48. The molecule has 0 bridgehead atoms. The molecule has 88 valence electrons.